The Hall–Kier alpha value is -1.77. The molecular weight excluding hydrogens is 226 g/mol. The maximum absolute atomic E-state index is 11.3. The molecule has 1 aromatic carbocycles. The zero-order valence-electron chi connectivity index (χ0n) is 10.9. The van der Waals surface area contributed by atoms with Gasteiger partial charge >= 0.3 is 5.97 Å². The first-order valence-corrected chi connectivity index (χ1v) is 6.53. The van der Waals surface area contributed by atoms with Gasteiger partial charge < -0.3 is 9.67 Å². The van der Waals surface area contributed by atoms with Crippen molar-refractivity contribution in [2.45, 2.75) is 39.7 Å². The van der Waals surface area contributed by atoms with Crippen molar-refractivity contribution in [2.24, 2.45) is 0 Å². The van der Waals surface area contributed by atoms with Crippen LogP contribution in [-0.4, -0.2) is 15.6 Å². The summed E-state index contributed by atoms with van der Waals surface area (Å²) in [6.45, 7) is 5.11. The molecule has 2 aromatic rings. The highest BCUT2D eigenvalue weighted by Crippen LogP contribution is 2.26. The van der Waals surface area contributed by atoms with Gasteiger partial charge in [-0.1, -0.05) is 32.4 Å². The van der Waals surface area contributed by atoms with E-state index >= 15 is 0 Å². The number of aromatic carboxylic acids is 1. The SMILES string of the molecule is CCCc1cn(CCC)c2c(C(=O)O)cccc12. The number of aromatic nitrogens is 1. The minimum Gasteiger partial charge on any atom is -0.478 e. The first-order valence-electron chi connectivity index (χ1n) is 6.53. The van der Waals surface area contributed by atoms with E-state index in [9.17, 15) is 9.90 Å². The van der Waals surface area contributed by atoms with Gasteiger partial charge in [0, 0.05) is 18.1 Å². The molecule has 0 unspecified atom stereocenters. The largest absolute Gasteiger partial charge is 0.478 e. The van der Waals surface area contributed by atoms with Gasteiger partial charge in [-0.3, -0.25) is 0 Å². The van der Waals surface area contributed by atoms with Crippen molar-refractivity contribution in [2.75, 3.05) is 0 Å². The summed E-state index contributed by atoms with van der Waals surface area (Å²) in [5, 5.41) is 10.4. The van der Waals surface area contributed by atoms with Crippen molar-refractivity contribution in [1.82, 2.24) is 4.57 Å². The molecule has 1 aromatic heterocycles. The summed E-state index contributed by atoms with van der Waals surface area (Å²) < 4.78 is 2.09. The lowest BCUT2D eigenvalue weighted by atomic mass is 10.1. The third-order valence-electron chi connectivity index (χ3n) is 3.20. The fraction of sp³-hybridized carbons (Fsp3) is 0.400. The van der Waals surface area contributed by atoms with Gasteiger partial charge in [-0.05, 0) is 24.5 Å². The molecule has 96 valence electrons. The van der Waals surface area contributed by atoms with Crippen molar-refractivity contribution < 1.29 is 9.90 Å². The Kier molecular flexibility index (Phi) is 3.70. The van der Waals surface area contributed by atoms with Gasteiger partial charge in [0.2, 0.25) is 0 Å². The lowest BCUT2D eigenvalue weighted by Gasteiger charge is -2.05. The van der Waals surface area contributed by atoms with Gasteiger partial charge in [0.1, 0.15) is 0 Å². The van der Waals surface area contributed by atoms with E-state index in [4.69, 9.17) is 0 Å². The predicted octanol–water partition coefficient (Wildman–Crippen LogP) is 3.70. The summed E-state index contributed by atoms with van der Waals surface area (Å²) in [5.41, 5.74) is 2.53. The summed E-state index contributed by atoms with van der Waals surface area (Å²) in [6, 6.07) is 5.55. The van der Waals surface area contributed by atoms with Crippen LogP contribution in [0.1, 0.15) is 42.6 Å². The average Bonchev–Trinajstić information content (AvgIpc) is 2.69. The quantitative estimate of drug-likeness (QED) is 0.872. The summed E-state index contributed by atoms with van der Waals surface area (Å²) in [5.74, 6) is -0.848. The topological polar surface area (TPSA) is 42.2 Å². The van der Waals surface area contributed by atoms with Crippen LogP contribution in [-0.2, 0) is 13.0 Å². The molecule has 0 atom stereocenters. The second-order valence-corrected chi connectivity index (χ2v) is 4.60. The highest BCUT2D eigenvalue weighted by molar-refractivity contribution is 6.03. The zero-order chi connectivity index (χ0) is 13.1. The molecule has 0 aliphatic heterocycles. The van der Waals surface area contributed by atoms with E-state index in [1.54, 1.807) is 6.07 Å². The van der Waals surface area contributed by atoms with Gasteiger partial charge in [0.05, 0.1) is 11.1 Å². The number of fused-ring (bicyclic) bond motifs is 1. The number of benzene rings is 1. The Morgan fingerprint density at radius 3 is 2.67 bits per heavy atom. The highest BCUT2D eigenvalue weighted by atomic mass is 16.4. The Labute approximate surface area is 107 Å². The molecule has 0 aliphatic carbocycles. The van der Waals surface area contributed by atoms with Crippen molar-refractivity contribution >= 4 is 16.9 Å². The number of hydrogen-bond donors (Lipinski definition) is 1. The summed E-state index contributed by atoms with van der Waals surface area (Å²) in [7, 11) is 0. The fourth-order valence-electron chi connectivity index (χ4n) is 2.49. The molecule has 18 heavy (non-hydrogen) atoms. The Morgan fingerprint density at radius 2 is 2.06 bits per heavy atom. The van der Waals surface area contributed by atoms with E-state index in [0.717, 1.165) is 36.7 Å². The number of rotatable bonds is 5. The third-order valence-corrected chi connectivity index (χ3v) is 3.20. The average molecular weight is 245 g/mol. The molecule has 2 rings (SSSR count). The van der Waals surface area contributed by atoms with Gasteiger partial charge in [-0.15, -0.1) is 0 Å². The van der Waals surface area contributed by atoms with E-state index in [-0.39, 0.29) is 0 Å². The van der Waals surface area contributed by atoms with Gasteiger partial charge in [-0.2, -0.15) is 0 Å². The smallest absolute Gasteiger partial charge is 0.337 e. The molecule has 0 amide bonds. The maximum Gasteiger partial charge on any atom is 0.337 e. The fourth-order valence-corrected chi connectivity index (χ4v) is 2.49. The second kappa shape index (κ2) is 5.25. The zero-order valence-corrected chi connectivity index (χ0v) is 10.9. The number of para-hydroxylation sites is 1. The number of carboxylic acid groups (broad SMARTS) is 1. The molecule has 0 saturated carbocycles. The van der Waals surface area contributed by atoms with Crippen LogP contribution < -0.4 is 0 Å². The number of hydrogen-bond acceptors (Lipinski definition) is 1. The van der Waals surface area contributed by atoms with Crippen LogP contribution in [0, 0.1) is 0 Å². The van der Waals surface area contributed by atoms with E-state index in [0.29, 0.717) is 5.56 Å². The van der Waals surface area contributed by atoms with E-state index in [1.807, 2.05) is 12.1 Å². The maximum atomic E-state index is 11.3. The normalized spacial score (nSPS) is 11.0. The van der Waals surface area contributed by atoms with Crippen LogP contribution >= 0.6 is 0 Å². The van der Waals surface area contributed by atoms with Crippen molar-refractivity contribution in [3.8, 4) is 0 Å². The van der Waals surface area contributed by atoms with Gasteiger partial charge in [0.25, 0.3) is 0 Å². The first kappa shape index (κ1) is 12.7. The molecule has 3 heteroatoms. The van der Waals surface area contributed by atoms with E-state index < -0.39 is 5.97 Å². The van der Waals surface area contributed by atoms with Crippen LogP contribution in [0.15, 0.2) is 24.4 Å². The standard InChI is InChI=1S/C15H19NO2/c1-3-6-11-10-16(9-4-2)14-12(11)7-5-8-13(14)15(17)18/h5,7-8,10H,3-4,6,9H2,1-2H3,(H,17,18). The summed E-state index contributed by atoms with van der Waals surface area (Å²) in [4.78, 5) is 11.3. The number of nitrogens with zero attached hydrogens (tertiary/aromatic N) is 1. The minimum atomic E-state index is -0.848. The Bertz CT molecular complexity index is 569. The predicted molar refractivity (Wildman–Crippen MR) is 73.2 cm³/mol. The Morgan fingerprint density at radius 1 is 1.28 bits per heavy atom. The second-order valence-electron chi connectivity index (χ2n) is 4.60. The van der Waals surface area contributed by atoms with E-state index in [1.165, 1.54) is 5.56 Å². The lowest BCUT2D eigenvalue weighted by Crippen LogP contribution is -2.02. The molecule has 1 heterocycles. The molecule has 0 radical (unpaired) electrons. The first-order chi connectivity index (χ1) is 8.69. The van der Waals surface area contributed by atoms with Crippen LogP contribution in [0.2, 0.25) is 0 Å². The number of carboxylic acids is 1. The van der Waals surface area contributed by atoms with Crippen LogP contribution in [0.3, 0.4) is 0 Å². The van der Waals surface area contributed by atoms with Crippen molar-refractivity contribution in [1.29, 1.82) is 0 Å². The van der Waals surface area contributed by atoms with Crippen molar-refractivity contribution in [3.05, 3.63) is 35.5 Å². The summed E-state index contributed by atoms with van der Waals surface area (Å²) in [6.07, 6.45) is 5.19. The minimum absolute atomic E-state index is 0.406. The van der Waals surface area contributed by atoms with Crippen LogP contribution in [0.5, 0.6) is 0 Å². The third kappa shape index (κ3) is 2.13. The van der Waals surface area contributed by atoms with Gasteiger partial charge in [-0.25, -0.2) is 4.79 Å². The monoisotopic (exact) mass is 245 g/mol. The van der Waals surface area contributed by atoms with Gasteiger partial charge in [0.15, 0.2) is 0 Å². The van der Waals surface area contributed by atoms with Crippen molar-refractivity contribution in [3.63, 3.8) is 0 Å². The summed E-state index contributed by atoms with van der Waals surface area (Å²) >= 11 is 0. The highest BCUT2D eigenvalue weighted by Gasteiger charge is 2.15. The number of carbonyl (C=O) groups is 1. The van der Waals surface area contributed by atoms with Crippen LogP contribution in [0.4, 0.5) is 0 Å². The van der Waals surface area contributed by atoms with E-state index in [2.05, 4.69) is 24.6 Å². The molecule has 0 aliphatic rings. The number of aryl methyl sites for hydroxylation is 2. The molecule has 0 spiro atoms. The molecule has 3 nitrogen and oxygen atoms in total. The molecule has 0 saturated heterocycles. The Balaban J connectivity index is 2.70. The van der Waals surface area contributed by atoms with Crippen LogP contribution in [0.25, 0.3) is 10.9 Å². The lowest BCUT2D eigenvalue weighted by molar-refractivity contribution is 0.0698. The molecule has 0 bridgehead atoms. The molecule has 1 N–H and O–H groups in total. The molecular formula is C15H19NO2. The molecule has 0 fully saturated rings.